The van der Waals surface area contributed by atoms with E-state index in [1.165, 1.54) is 18.4 Å². The number of carboxylic acids is 1. The lowest BCUT2D eigenvalue weighted by Gasteiger charge is -2.23. The van der Waals surface area contributed by atoms with E-state index in [1.54, 1.807) is 23.3 Å². The molecule has 2 unspecified atom stereocenters. The van der Waals surface area contributed by atoms with Gasteiger partial charge in [-0.3, -0.25) is 9.59 Å². The standard InChI is InChI=1S/C12H15NO4S/c1-7-8(12(15)16)3-5-13(7)11(14)10-9(17-2)4-6-18-10/h4,6-8H,3,5H2,1-2H3,(H,15,16). The largest absolute Gasteiger partial charge is 0.495 e. The molecule has 2 rings (SSSR count). The number of thiophene rings is 1. The van der Waals surface area contributed by atoms with Crippen LogP contribution >= 0.6 is 11.3 Å². The van der Waals surface area contributed by atoms with E-state index in [9.17, 15) is 9.59 Å². The topological polar surface area (TPSA) is 66.8 Å². The SMILES string of the molecule is COc1ccsc1C(=O)N1CCC(C(=O)O)C1C. The number of carbonyl (C=O) groups is 2. The Morgan fingerprint density at radius 2 is 2.28 bits per heavy atom. The molecule has 5 nitrogen and oxygen atoms in total. The number of rotatable bonds is 3. The fourth-order valence-electron chi connectivity index (χ4n) is 2.30. The van der Waals surface area contributed by atoms with Crippen molar-refractivity contribution in [3.05, 3.63) is 16.3 Å². The van der Waals surface area contributed by atoms with Crippen LogP contribution in [0.2, 0.25) is 0 Å². The molecule has 1 fully saturated rings. The molecule has 1 aliphatic heterocycles. The number of amides is 1. The summed E-state index contributed by atoms with van der Waals surface area (Å²) in [5.41, 5.74) is 0. The summed E-state index contributed by atoms with van der Waals surface area (Å²) < 4.78 is 5.12. The molecule has 0 bridgehead atoms. The highest BCUT2D eigenvalue weighted by Gasteiger charge is 2.39. The Morgan fingerprint density at radius 1 is 1.56 bits per heavy atom. The van der Waals surface area contributed by atoms with Gasteiger partial charge in [0.15, 0.2) is 0 Å². The molecule has 1 aliphatic rings. The normalized spacial score (nSPS) is 23.1. The van der Waals surface area contributed by atoms with Crippen molar-refractivity contribution < 1.29 is 19.4 Å². The maximum atomic E-state index is 12.3. The maximum absolute atomic E-state index is 12.3. The van der Waals surface area contributed by atoms with Gasteiger partial charge in [-0.05, 0) is 24.8 Å². The number of aliphatic carboxylic acids is 1. The van der Waals surface area contributed by atoms with Crippen molar-refractivity contribution in [1.29, 1.82) is 0 Å². The summed E-state index contributed by atoms with van der Waals surface area (Å²) in [4.78, 5) is 25.5. The molecule has 18 heavy (non-hydrogen) atoms. The highest BCUT2D eigenvalue weighted by atomic mass is 32.1. The Labute approximate surface area is 109 Å². The van der Waals surface area contributed by atoms with Crippen LogP contribution in [0.15, 0.2) is 11.4 Å². The van der Waals surface area contributed by atoms with Crippen LogP contribution < -0.4 is 4.74 Å². The summed E-state index contributed by atoms with van der Waals surface area (Å²) in [7, 11) is 1.52. The maximum Gasteiger partial charge on any atom is 0.308 e. The molecule has 6 heteroatoms. The van der Waals surface area contributed by atoms with E-state index >= 15 is 0 Å². The van der Waals surface area contributed by atoms with Gasteiger partial charge in [-0.15, -0.1) is 11.3 Å². The zero-order valence-electron chi connectivity index (χ0n) is 10.3. The zero-order valence-corrected chi connectivity index (χ0v) is 11.1. The number of hydrogen-bond donors (Lipinski definition) is 1. The first-order valence-electron chi connectivity index (χ1n) is 5.71. The smallest absolute Gasteiger partial charge is 0.308 e. The lowest BCUT2D eigenvalue weighted by Crippen LogP contribution is -2.37. The quantitative estimate of drug-likeness (QED) is 0.906. The second-order valence-electron chi connectivity index (χ2n) is 4.29. The minimum atomic E-state index is -0.837. The van der Waals surface area contributed by atoms with Crippen molar-refractivity contribution in [2.75, 3.05) is 13.7 Å². The second kappa shape index (κ2) is 4.97. The predicted molar refractivity (Wildman–Crippen MR) is 67.1 cm³/mol. The third kappa shape index (κ3) is 2.08. The summed E-state index contributed by atoms with van der Waals surface area (Å²) in [5.74, 6) is -0.898. The van der Waals surface area contributed by atoms with Crippen molar-refractivity contribution in [2.24, 2.45) is 5.92 Å². The number of carbonyl (C=O) groups excluding carboxylic acids is 1. The second-order valence-corrected chi connectivity index (χ2v) is 5.21. The molecular weight excluding hydrogens is 254 g/mol. The van der Waals surface area contributed by atoms with Gasteiger partial charge in [-0.2, -0.15) is 0 Å². The number of likely N-dealkylation sites (tertiary alicyclic amines) is 1. The average molecular weight is 269 g/mol. The Morgan fingerprint density at radius 3 is 2.83 bits per heavy atom. The van der Waals surface area contributed by atoms with Crippen LogP contribution in [0.25, 0.3) is 0 Å². The fraction of sp³-hybridized carbons (Fsp3) is 0.500. The summed E-state index contributed by atoms with van der Waals surface area (Å²) in [5, 5.41) is 10.8. The van der Waals surface area contributed by atoms with Crippen LogP contribution in [-0.4, -0.2) is 41.6 Å². The van der Waals surface area contributed by atoms with Crippen LogP contribution in [0.4, 0.5) is 0 Å². The Kier molecular flexibility index (Phi) is 3.56. The third-order valence-electron chi connectivity index (χ3n) is 3.38. The van der Waals surface area contributed by atoms with Crippen LogP contribution in [0, 0.1) is 5.92 Å². The summed E-state index contributed by atoms with van der Waals surface area (Å²) in [6, 6.07) is 1.47. The molecule has 1 aromatic rings. The van der Waals surface area contributed by atoms with Gasteiger partial charge in [-0.1, -0.05) is 0 Å². The van der Waals surface area contributed by atoms with Crippen LogP contribution in [0.5, 0.6) is 5.75 Å². The molecule has 1 aromatic heterocycles. The zero-order chi connectivity index (χ0) is 13.3. The van der Waals surface area contributed by atoms with E-state index in [4.69, 9.17) is 9.84 Å². The van der Waals surface area contributed by atoms with Gasteiger partial charge >= 0.3 is 5.97 Å². The van der Waals surface area contributed by atoms with E-state index in [0.717, 1.165) is 0 Å². The van der Waals surface area contributed by atoms with Gasteiger partial charge in [0.2, 0.25) is 0 Å². The Balaban J connectivity index is 2.18. The molecule has 0 radical (unpaired) electrons. The highest BCUT2D eigenvalue weighted by Crippen LogP contribution is 2.31. The minimum Gasteiger partial charge on any atom is -0.495 e. The van der Waals surface area contributed by atoms with Gasteiger partial charge < -0.3 is 14.7 Å². The first-order valence-corrected chi connectivity index (χ1v) is 6.59. The Hall–Kier alpha value is -1.56. The number of carboxylic acid groups (broad SMARTS) is 1. The van der Waals surface area contributed by atoms with E-state index < -0.39 is 11.9 Å². The molecule has 1 amide bonds. The van der Waals surface area contributed by atoms with E-state index in [0.29, 0.717) is 23.6 Å². The van der Waals surface area contributed by atoms with Crippen molar-refractivity contribution in [3.63, 3.8) is 0 Å². The summed E-state index contributed by atoms with van der Waals surface area (Å²) in [6.07, 6.45) is 0.510. The highest BCUT2D eigenvalue weighted by molar-refractivity contribution is 7.12. The van der Waals surface area contributed by atoms with Crippen LogP contribution in [0.3, 0.4) is 0 Å². The lowest BCUT2D eigenvalue weighted by atomic mass is 10.0. The first kappa shape index (κ1) is 12.9. The van der Waals surface area contributed by atoms with E-state index in [1.807, 2.05) is 0 Å². The third-order valence-corrected chi connectivity index (χ3v) is 4.26. The van der Waals surface area contributed by atoms with Crippen molar-refractivity contribution in [2.45, 2.75) is 19.4 Å². The minimum absolute atomic E-state index is 0.141. The van der Waals surface area contributed by atoms with Gasteiger partial charge in [0, 0.05) is 12.6 Å². The van der Waals surface area contributed by atoms with E-state index in [-0.39, 0.29) is 11.9 Å². The monoisotopic (exact) mass is 269 g/mol. The van der Waals surface area contributed by atoms with Crippen molar-refractivity contribution in [3.8, 4) is 5.75 Å². The molecule has 1 N–H and O–H groups in total. The van der Waals surface area contributed by atoms with Gasteiger partial charge in [0.1, 0.15) is 10.6 Å². The fourth-order valence-corrected chi connectivity index (χ4v) is 3.11. The molecule has 0 aromatic carbocycles. The average Bonchev–Trinajstić information content (AvgIpc) is 2.93. The molecule has 1 saturated heterocycles. The van der Waals surface area contributed by atoms with Crippen LogP contribution in [0.1, 0.15) is 23.0 Å². The van der Waals surface area contributed by atoms with E-state index in [2.05, 4.69) is 0 Å². The molecule has 0 saturated carbocycles. The first-order chi connectivity index (χ1) is 8.56. The molecule has 2 atom stereocenters. The summed E-state index contributed by atoms with van der Waals surface area (Å²) in [6.45, 7) is 2.27. The predicted octanol–water partition coefficient (Wildman–Crippen LogP) is 1.69. The molecule has 2 heterocycles. The molecule has 0 spiro atoms. The number of nitrogens with zero attached hydrogens (tertiary/aromatic N) is 1. The Bertz CT molecular complexity index is 470. The number of methoxy groups -OCH3 is 1. The lowest BCUT2D eigenvalue weighted by molar-refractivity contribution is -0.142. The van der Waals surface area contributed by atoms with Gasteiger partial charge in [0.25, 0.3) is 5.91 Å². The van der Waals surface area contributed by atoms with Crippen molar-refractivity contribution >= 4 is 23.2 Å². The van der Waals surface area contributed by atoms with Gasteiger partial charge in [0.05, 0.1) is 13.0 Å². The molecule has 0 aliphatic carbocycles. The number of hydrogen-bond acceptors (Lipinski definition) is 4. The van der Waals surface area contributed by atoms with Gasteiger partial charge in [-0.25, -0.2) is 0 Å². The van der Waals surface area contributed by atoms with Crippen molar-refractivity contribution in [1.82, 2.24) is 4.90 Å². The molecule has 98 valence electrons. The molecular formula is C12H15NO4S. The summed E-state index contributed by atoms with van der Waals surface area (Å²) >= 11 is 1.32. The number of ether oxygens (including phenoxy) is 1. The van der Waals surface area contributed by atoms with Crippen LogP contribution in [-0.2, 0) is 4.79 Å².